The highest BCUT2D eigenvalue weighted by molar-refractivity contribution is 5.96. The Hall–Kier alpha value is -3.26. The standard InChI is InChI=1S/C19H17NO4/c1-14-4-2-3-5-18(14)24-11-10-23-17-8-6-15(7-9-17)12-16(13-20)19(21)22/h2-9,12H,10-11H2,1H3,(H,21,22). The van der Waals surface area contributed by atoms with Crippen LogP contribution in [0.3, 0.4) is 0 Å². The Morgan fingerprint density at radius 3 is 2.42 bits per heavy atom. The van der Waals surface area contributed by atoms with Gasteiger partial charge in [0.15, 0.2) is 0 Å². The van der Waals surface area contributed by atoms with E-state index in [9.17, 15) is 4.79 Å². The van der Waals surface area contributed by atoms with Crippen LogP contribution in [0.15, 0.2) is 54.1 Å². The highest BCUT2D eigenvalue weighted by Gasteiger charge is 2.05. The fraction of sp³-hybridized carbons (Fsp3) is 0.158. The van der Waals surface area contributed by atoms with Crippen LogP contribution in [0.25, 0.3) is 6.08 Å². The zero-order valence-electron chi connectivity index (χ0n) is 13.2. The monoisotopic (exact) mass is 323 g/mol. The van der Waals surface area contributed by atoms with E-state index in [2.05, 4.69) is 0 Å². The quantitative estimate of drug-likeness (QED) is 0.479. The maximum atomic E-state index is 10.8. The van der Waals surface area contributed by atoms with Crippen LogP contribution >= 0.6 is 0 Å². The molecular weight excluding hydrogens is 306 g/mol. The molecule has 0 saturated heterocycles. The lowest BCUT2D eigenvalue weighted by atomic mass is 10.1. The molecule has 0 spiro atoms. The smallest absolute Gasteiger partial charge is 0.346 e. The van der Waals surface area contributed by atoms with E-state index >= 15 is 0 Å². The van der Waals surface area contributed by atoms with Gasteiger partial charge >= 0.3 is 5.97 Å². The minimum atomic E-state index is -1.24. The van der Waals surface area contributed by atoms with Crippen molar-refractivity contribution in [3.63, 3.8) is 0 Å². The van der Waals surface area contributed by atoms with E-state index in [1.165, 1.54) is 6.08 Å². The van der Waals surface area contributed by atoms with Gasteiger partial charge in [-0.25, -0.2) is 4.79 Å². The van der Waals surface area contributed by atoms with E-state index in [0.717, 1.165) is 11.3 Å². The van der Waals surface area contributed by atoms with E-state index < -0.39 is 5.97 Å². The van der Waals surface area contributed by atoms with Gasteiger partial charge in [0.05, 0.1) is 0 Å². The number of rotatable bonds is 7. The first-order valence-electron chi connectivity index (χ1n) is 7.36. The van der Waals surface area contributed by atoms with Gasteiger partial charge in [0.1, 0.15) is 36.4 Å². The number of nitrogens with zero attached hydrogens (tertiary/aromatic N) is 1. The van der Waals surface area contributed by atoms with Crippen LogP contribution in [0, 0.1) is 18.3 Å². The molecule has 0 heterocycles. The number of carboxylic acids is 1. The van der Waals surface area contributed by atoms with E-state index in [-0.39, 0.29) is 5.57 Å². The van der Waals surface area contributed by atoms with Crippen molar-refractivity contribution in [2.75, 3.05) is 13.2 Å². The third-order valence-corrected chi connectivity index (χ3v) is 3.25. The summed E-state index contributed by atoms with van der Waals surface area (Å²) in [6.07, 6.45) is 1.31. The van der Waals surface area contributed by atoms with Crippen molar-refractivity contribution < 1.29 is 19.4 Å². The molecule has 0 aliphatic carbocycles. The molecule has 0 aliphatic rings. The Labute approximate surface area is 140 Å². The molecule has 5 nitrogen and oxygen atoms in total. The maximum absolute atomic E-state index is 10.8. The summed E-state index contributed by atoms with van der Waals surface area (Å²) in [5.41, 5.74) is 1.38. The predicted octanol–water partition coefficient (Wildman–Crippen LogP) is 3.44. The number of benzene rings is 2. The third-order valence-electron chi connectivity index (χ3n) is 3.25. The lowest BCUT2D eigenvalue weighted by Gasteiger charge is -2.10. The summed E-state index contributed by atoms with van der Waals surface area (Å²) in [5, 5.41) is 17.5. The first-order chi connectivity index (χ1) is 11.6. The Bertz CT molecular complexity index is 773. The van der Waals surface area contributed by atoms with Crippen molar-refractivity contribution in [1.82, 2.24) is 0 Å². The summed E-state index contributed by atoms with van der Waals surface area (Å²) in [6, 6.07) is 16.2. The number of hydrogen-bond acceptors (Lipinski definition) is 4. The lowest BCUT2D eigenvalue weighted by Crippen LogP contribution is -2.09. The van der Waals surface area contributed by atoms with Crippen LogP contribution in [-0.4, -0.2) is 24.3 Å². The van der Waals surface area contributed by atoms with Crippen molar-refractivity contribution >= 4 is 12.0 Å². The molecule has 2 aromatic rings. The molecule has 0 amide bonds. The van der Waals surface area contributed by atoms with Gasteiger partial charge in [-0.1, -0.05) is 30.3 Å². The van der Waals surface area contributed by atoms with Gasteiger partial charge < -0.3 is 14.6 Å². The van der Waals surface area contributed by atoms with Crippen LogP contribution in [0.1, 0.15) is 11.1 Å². The molecule has 1 N–H and O–H groups in total. The SMILES string of the molecule is Cc1ccccc1OCCOc1ccc(C=C(C#N)C(=O)O)cc1. The highest BCUT2D eigenvalue weighted by Crippen LogP contribution is 2.17. The molecule has 2 rings (SSSR count). The average Bonchev–Trinajstić information content (AvgIpc) is 2.59. The number of ether oxygens (including phenoxy) is 2. The second kappa shape index (κ2) is 8.39. The number of nitriles is 1. The fourth-order valence-electron chi connectivity index (χ4n) is 2.00. The number of aliphatic carboxylic acids is 1. The van der Waals surface area contributed by atoms with Crippen LogP contribution < -0.4 is 9.47 Å². The number of hydrogen-bond donors (Lipinski definition) is 1. The van der Waals surface area contributed by atoms with Gasteiger partial charge in [-0.3, -0.25) is 0 Å². The van der Waals surface area contributed by atoms with Gasteiger partial charge in [0.25, 0.3) is 0 Å². The number of carbonyl (C=O) groups is 1. The molecule has 24 heavy (non-hydrogen) atoms. The normalized spacial score (nSPS) is 10.8. The number of carboxylic acid groups (broad SMARTS) is 1. The summed E-state index contributed by atoms with van der Waals surface area (Å²) < 4.78 is 11.2. The number of aryl methyl sites for hydroxylation is 1. The van der Waals surface area contributed by atoms with Crippen LogP contribution in [0.4, 0.5) is 0 Å². The fourth-order valence-corrected chi connectivity index (χ4v) is 2.00. The van der Waals surface area contributed by atoms with E-state index in [1.54, 1.807) is 30.3 Å². The molecular formula is C19H17NO4. The van der Waals surface area contributed by atoms with Gasteiger partial charge in [-0.15, -0.1) is 0 Å². The van der Waals surface area contributed by atoms with Gasteiger partial charge in [0, 0.05) is 0 Å². The predicted molar refractivity (Wildman–Crippen MR) is 89.8 cm³/mol. The topological polar surface area (TPSA) is 79.5 Å². The highest BCUT2D eigenvalue weighted by atomic mass is 16.5. The molecule has 0 radical (unpaired) electrons. The van der Waals surface area contributed by atoms with Crippen molar-refractivity contribution in [2.24, 2.45) is 0 Å². The third kappa shape index (κ3) is 4.89. The summed E-state index contributed by atoms with van der Waals surface area (Å²) in [5.74, 6) is 0.236. The first kappa shape index (κ1) is 17.1. The van der Waals surface area contributed by atoms with Crippen molar-refractivity contribution in [3.05, 3.63) is 65.2 Å². The van der Waals surface area contributed by atoms with Crippen LogP contribution in [-0.2, 0) is 4.79 Å². The Kier molecular flexibility index (Phi) is 5.98. The van der Waals surface area contributed by atoms with Crippen molar-refractivity contribution in [3.8, 4) is 17.6 Å². The van der Waals surface area contributed by atoms with E-state index in [0.29, 0.717) is 24.5 Å². The number of para-hydroxylation sites is 1. The summed E-state index contributed by atoms with van der Waals surface area (Å²) in [6.45, 7) is 2.79. The molecule has 0 atom stereocenters. The summed E-state index contributed by atoms with van der Waals surface area (Å²) in [7, 11) is 0. The first-order valence-corrected chi connectivity index (χ1v) is 7.36. The molecule has 122 valence electrons. The van der Waals surface area contributed by atoms with Crippen molar-refractivity contribution in [1.29, 1.82) is 5.26 Å². The van der Waals surface area contributed by atoms with E-state index in [4.69, 9.17) is 19.8 Å². The molecule has 2 aromatic carbocycles. The lowest BCUT2D eigenvalue weighted by molar-refractivity contribution is -0.132. The molecule has 5 heteroatoms. The Balaban J connectivity index is 1.85. The zero-order chi connectivity index (χ0) is 17.4. The molecule has 0 bridgehead atoms. The van der Waals surface area contributed by atoms with Gasteiger partial charge in [-0.05, 0) is 42.3 Å². The molecule has 0 aliphatic heterocycles. The van der Waals surface area contributed by atoms with Gasteiger partial charge in [0.2, 0.25) is 0 Å². The largest absolute Gasteiger partial charge is 0.490 e. The molecule has 0 aromatic heterocycles. The molecule has 0 fully saturated rings. The maximum Gasteiger partial charge on any atom is 0.346 e. The van der Waals surface area contributed by atoms with Crippen LogP contribution in [0.2, 0.25) is 0 Å². The van der Waals surface area contributed by atoms with Gasteiger partial charge in [-0.2, -0.15) is 5.26 Å². The summed E-state index contributed by atoms with van der Waals surface area (Å²) in [4.78, 5) is 10.8. The minimum absolute atomic E-state index is 0.310. The Morgan fingerprint density at radius 2 is 1.79 bits per heavy atom. The van der Waals surface area contributed by atoms with Crippen molar-refractivity contribution in [2.45, 2.75) is 6.92 Å². The zero-order valence-corrected chi connectivity index (χ0v) is 13.2. The molecule has 0 saturated carbocycles. The van der Waals surface area contributed by atoms with Crippen LogP contribution in [0.5, 0.6) is 11.5 Å². The molecule has 0 unspecified atom stereocenters. The Morgan fingerprint density at radius 1 is 1.12 bits per heavy atom. The average molecular weight is 323 g/mol. The second-order valence-corrected chi connectivity index (χ2v) is 5.01. The second-order valence-electron chi connectivity index (χ2n) is 5.01. The van der Waals surface area contributed by atoms with E-state index in [1.807, 2.05) is 31.2 Å². The minimum Gasteiger partial charge on any atom is -0.490 e. The summed E-state index contributed by atoms with van der Waals surface area (Å²) >= 11 is 0.